The van der Waals surface area contributed by atoms with Crippen molar-refractivity contribution in [3.05, 3.63) is 22.8 Å². The Morgan fingerprint density at radius 2 is 2.05 bits per heavy atom. The van der Waals surface area contributed by atoms with Crippen LogP contribution in [0.5, 0.6) is 0 Å². The van der Waals surface area contributed by atoms with E-state index in [2.05, 4.69) is 26.1 Å². The second-order valence-corrected chi connectivity index (χ2v) is 5.35. The first-order valence-corrected chi connectivity index (χ1v) is 7.38. The SMILES string of the molecule is CCOC(c1nc(CC)c2c(n1)CCNC2)C(C)C. The molecule has 2 heterocycles. The molecule has 4 heteroatoms. The molecule has 4 nitrogen and oxygen atoms in total. The summed E-state index contributed by atoms with van der Waals surface area (Å²) in [7, 11) is 0. The molecular weight excluding hydrogens is 238 g/mol. The highest BCUT2D eigenvalue weighted by atomic mass is 16.5. The second kappa shape index (κ2) is 6.44. The lowest BCUT2D eigenvalue weighted by Gasteiger charge is -2.24. The number of nitrogens with one attached hydrogen (secondary N) is 1. The first-order chi connectivity index (χ1) is 9.17. The molecule has 0 saturated heterocycles. The Morgan fingerprint density at radius 1 is 1.26 bits per heavy atom. The number of ether oxygens (including phenoxy) is 1. The lowest BCUT2D eigenvalue weighted by atomic mass is 10.0. The quantitative estimate of drug-likeness (QED) is 0.886. The number of rotatable bonds is 5. The summed E-state index contributed by atoms with van der Waals surface area (Å²) in [5, 5.41) is 3.40. The number of aryl methyl sites for hydroxylation is 1. The third-order valence-electron chi connectivity index (χ3n) is 3.58. The molecule has 1 atom stereocenters. The number of aromatic nitrogens is 2. The third kappa shape index (κ3) is 3.12. The van der Waals surface area contributed by atoms with E-state index in [-0.39, 0.29) is 6.10 Å². The molecule has 0 bridgehead atoms. The van der Waals surface area contributed by atoms with Gasteiger partial charge in [-0.2, -0.15) is 0 Å². The standard InChI is InChI=1S/C15H25N3O/c1-5-12-11-9-16-8-7-13(11)18-15(17-12)14(10(3)4)19-6-2/h10,14,16H,5-9H2,1-4H3. The molecule has 1 N–H and O–H groups in total. The van der Waals surface area contributed by atoms with Gasteiger partial charge >= 0.3 is 0 Å². The minimum absolute atomic E-state index is 0.00971. The van der Waals surface area contributed by atoms with Crippen molar-refractivity contribution in [2.45, 2.75) is 53.2 Å². The van der Waals surface area contributed by atoms with Gasteiger partial charge in [-0.15, -0.1) is 0 Å². The van der Waals surface area contributed by atoms with Crippen LogP contribution in [0, 0.1) is 5.92 Å². The highest BCUT2D eigenvalue weighted by Crippen LogP contribution is 2.26. The van der Waals surface area contributed by atoms with Crippen LogP contribution >= 0.6 is 0 Å². The van der Waals surface area contributed by atoms with Crippen LogP contribution < -0.4 is 5.32 Å². The van der Waals surface area contributed by atoms with Gasteiger partial charge in [0, 0.05) is 37.4 Å². The average Bonchev–Trinajstić information content (AvgIpc) is 2.43. The molecule has 0 fully saturated rings. The Balaban J connectivity index is 2.40. The van der Waals surface area contributed by atoms with E-state index < -0.39 is 0 Å². The molecule has 0 aromatic carbocycles. The molecule has 0 aliphatic carbocycles. The van der Waals surface area contributed by atoms with E-state index in [0.29, 0.717) is 12.5 Å². The second-order valence-electron chi connectivity index (χ2n) is 5.35. The van der Waals surface area contributed by atoms with Crippen LogP contribution in [0.4, 0.5) is 0 Å². The molecule has 106 valence electrons. The van der Waals surface area contributed by atoms with Gasteiger partial charge in [0.1, 0.15) is 6.10 Å². The van der Waals surface area contributed by atoms with Crippen molar-refractivity contribution in [3.63, 3.8) is 0 Å². The summed E-state index contributed by atoms with van der Waals surface area (Å²) in [4.78, 5) is 9.55. The predicted molar refractivity (Wildman–Crippen MR) is 76.0 cm³/mol. The van der Waals surface area contributed by atoms with Gasteiger partial charge in [-0.1, -0.05) is 20.8 Å². The van der Waals surface area contributed by atoms with Crippen LogP contribution in [-0.2, 0) is 24.1 Å². The molecule has 1 aromatic rings. The summed E-state index contributed by atoms with van der Waals surface area (Å²) in [6, 6.07) is 0. The summed E-state index contributed by atoms with van der Waals surface area (Å²) >= 11 is 0. The van der Waals surface area contributed by atoms with E-state index in [4.69, 9.17) is 14.7 Å². The molecule has 0 amide bonds. The maximum Gasteiger partial charge on any atom is 0.157 e. The minimum atomic E-state index is 0.00971. The van der Waals surface area contributed by atoms with E-state index in [1.54, 1.807) is 0 Å². The lowest BCUT2D eigenvalue weighted by Crippen LogP contribution is -2.28. The Hall–Kier alpha value is -1.00. The fourth-order valence-corrected chi connectivity index (χ4v) is 2.60. The van der Waals surface area contributed by atoms with E-state index in [9.17, 15) is 0 Å². The smallest absolute Gasteiger partial charge is 0.157 e. The van der Waals surface area contributed by atoms with E-state index in [1.165, 1.54) is 17.0 Å². The highest BCUT2D eigenvalue weighted by molar-refractivity contribution is 5.28. The van der Waals surface area contributed by atoms with Gasteiger partial charge in [0.05, 0.1) is 5.69 Å². The maximum absolute atomic E-state index is 5.84. The van der Waals surface area contributed by atoms with Crippen molar-refractivity contribution in [2.24, 2.45) is 5.92 Å². The molecular formula is C15H25N3O. The van der Waals surface area contributed by atoms with Crippen LogP contribution in [0.1, 0.15) is 56.6 Å². The van der Waals surface area contributed by atoms with E-state index in [1.807, 2.05) is 6.92 Å². The minimum Gasteiger partial charge on any atom is -0.370 e. The van der Waals surface area contributed by atoms with Crippen molar-refractivity contribution in [3.8, 4) is 0 Å². The summed E-state index contributed by atoms with van der Waals surface area (Å²) < 4.78 is 5.84. The lowest BCUT2D eigenvalue weighted by molar-refractivity contribution is 0.0228. The highest BCUT2D eigenvalue weighted by Gasteiger charge is 2.23. The molecule has 1 aliphatic heterocycles. The summed E-state index contributed by atoms with van der Waals surface area (Å²) in [6.45, 7) is 11.1. The largest absolute Gasteiger partial charge is 0.370 e. The molecule has 2 rings (SSSR count). The Labute approximate surface area is 116 Å². The summed E-state index contributed by atoms with van der Waals surface area (Å²) in [6.07, 6.45) is 1.96. The first kappa shape index (κ1) is 14.4. The number of nitrogens with zero attached hydrogens (tertiary/aromatic N) is 2. The van der Waals surface area contributed by atoms with Gasteiger partial charge in [-0.3, -0.25) is 0 Å². The molecule has 0 saturated carbocycles. The van der Waals surface area contributed by atoms with Crippen molar-refractivity contribution >= 4 is 0 Å². The average molecular weight is 263 g/mol. The molecule has 1 aromatic heterocycles. The zero-order valence-electron chi connectivity index (χ0n) is 12.5. The zero-order chi connectivity index (χ0) is 13.8. The molecule has 1 aliphatic rings. The Morgan fingerprint density at radius 3 is 2.68 bits per heavy atom. The maximum atomic E-state index is 5.84. The topological polar surface area (TPSA) is 47.0 Å². The van der Waals surface area contributed by atoms with Crippen molar-refractivity contribution < 1.29 is 4.74 Å². The van der Waals surface area contributed by atoms with Crippen molar-refractivity contribution in [1.29, 1.82) is 0 Å². The van der Waals surface area contributed by atoms with Crippen molar-refractivity contribution in [2.75, 3.05) is 13.2 Å². The number of hydrogen-bond donors (Lipinski definition) is 1. The number of fused-ring (bicyclic) bond motifs is 1. The van der Waals surface area contributed by atoms with Crippen LogP contribution in [0.3, 0.4) is 0 Å². The predicted octanol–water partition coefficient (Wildman–Crippen LogP) is 2.42. The number of hydrogen-bond acceptors (Lipinski definition) is 4. The van der Waals surface area contributed by atoms with Gasteiger partial charge in [-0.05, 0) is 19.3 Å². The van der Waals surface area contributed by atoms with Gasteiger partial charge < -0.3 is 10.1 Å². The summed E-state index contributed by atoms with van der Waals surface area (Å²) in [5.41, 5.74) is 3.69. The van der Waals surface area contributed by atoms with Gasteiger partial charge in [0.25, 0.3) is 0 Å². The van der Waals surface area contributed by atoms with E-state index in [0.717, 1.165) is 31.8 Å². The normalized spacial score (nSPS) is 16.5. The van der Waals surface area contributed by atoms with Crippen LogP contribution in [0.15, 0.2) is 0 Å². The zero-order valence-corrected chi connectivity index (χ0v) is 12.5. The van der Waals surface area contributed by atoms with Crippen LogP contribution in [0.2, 0.25) is 0 Å². The molecule has 0 spiro atoms. The van der Waals surface area contributed by atoms with Crippen LogP contribution in [-0.4, -0.2) is 23.1 Å². The monoisotopic (exact) mass is 263 g/mol. The molecule has 19 heavy (non-hydrogen) atoms. The fraction of sp³-hybridized carbons (Fsp3) is 0.733. The fourth-order valence-electron chi connectivity index (χ4n) is 2.60. The molecule has 0 radical (unpaired) electrons. The van der Waals surface area contributed by atoms with Gasteiger partial charge in [0.15, 0.2) is 5.82 Å². The van der Waals surface area contributed by atoms with Crippen LogP contribution in [0.25, 0.3) is 0 Å². The molecule has 1 unspecified atom stereocenters. The Bertz CT molecular complexity index is 414. The first-order valence-electron chi connectivity index (χ1n) is 7.38. The Kier molecular flexibility index (Phi) is 4.88. The van der Waals surface area contributed by atoms with Gasteiger partial charge in [-0.25, -0.2) is 9.97 Å². The summed E-state index contributed by atoms with van der Waals surface area (Å²) in [5.74, 6) is 1.26. The van der Waals surface area contributed by atoms with Crippen molar-refractivity contribution in [1.82, 2.24) is 15.3 Å². The van der Waals surface area contributed by atoms with E-state index >= 15 is 0 Å². The van der Waals surface area contributed by atoms with Gasteiger partial charge in [0.2, 0.25) is 0 Å². The third-order valence-corrected chi connectivity index (χ3v) is 3.58.